The zero-order valence-corrected chi connectivity index (χ0v) is 12.6. The SMILES string of the molecule is CC1CCCC1CNC(=O)c1sccc1C#CCCO. The molecule has 0 aromatic carbocycles. The maximum absolute atomic E-state index is 12.2. The smallest absolute Gasteiger partial charge is 0.262 e. The molecule has 2 N–H and O–H groups in total. The highest BCUT2D eigenvalue weighted by atomic mass is 32.1. The second-order valence-corrected chi connectivity index (χ2v) is 6.23. The molecule has 1 saturated carbocycles. The maximum Gasteiger partial charge on any atom is 0.262 e. The van der Waals surface area contributed by atoms with E-state index in [1.807, 2.05) is 11.4 Å². The van der Waals surface area contributed by atoms with Gasteiger partial charge in [-0.1, -0.05) is 31.6 Å². The number of nitrogens with one attached hydrogen (secondary N) is 1. The van der Waals surface area contributed by atoms with E-state index in [2.05, 4.69) is 24.1 Å². The molecule has 1 aromatic heterocycles. The van der Waals surface area contributed by atoms with Gasteiger partial charge in [-0.15, -0.1) is 11.3 Å². The standard InChI is InChI=1S/C16H21NO2S/c1-12-5-4-7-14(12)11-17-16(19)15-13(8-10-20-15)6-2-3-9-18/h8,10,12,14,18H,3-5,7,9,11H2,1H3,(H,17,19). The summed E-state index contributed by atoms with van der Waals surface area (Å²) >= 11 is 1.42. The molecule has 0 saturated heterocycles. The minimum absolute atomic E-state index is 0.0209. The first-order valence-electron chi connectivity index (χ1n) is 7.17. The van der Waals surface area contributed by atoms with E-state index in [1.165, 1.54) is 30.6 Å². The number of rotatable bonds is 4. The van der Waals surface area contributed by atoms with E-state index in [9.17, 15) is 4.79 Å². The Morgan fingerprint density at radius 2 is 2.40 bits per heavy atom. The van der Waals surface area contributed by atoms with Crippen LogP contribution in [0, 0.1) is 23.7 Å². The van der Waals surface area contributed by atoms with Crippen LogP contribution >= 0.6 is 11.3 Å². The van der Waals surface area contributed by atoms with Crippen LogP contribution in [-0.2, 0) is 0 Å². The predicted octanol–water partition coefficient (Wildman–Crippen LogP) is 2.65. The van der Waals surface area contributed by atoms with Gasteiger partial charge in [0.1, 0.15) is 4.88 Å². The summed E-state index contributed by atoms with van der Waals surface area (Å²) in [5.74, 6) is 7.12. The van der Waals surface area contributed by atoms with Crippen LogP contribution in [0.2, 0.25) is 0 Å². The molecule has 108 valence electrons. The van der Waals surface area contributed by atoms with Gasteiger partial charge in [0, 0.05) is 18.5 Å². The van der Waals surface area contributed by atoms with E-state index in [1.54, 1.807) is 0 Å². The first kappa shape index (κ1) is 15.1. The fourth-order valence-corrected chi connectivity index (χ4v) is 3.39. The Hall–Kier alpha value is -1.31. The van der Waals surface area contributed by atoms with Crippen molar-refractivity contribution >= 4 is 17.2 Å². The average molecular weight is 291 g/mol. The summed E-state index contributed by atoms with van der Waals surface area (Å²) < 4.78 is 0. The number of carbonyl (C=O) groups excluding carboxylic acids is 1. The van der Waals surface area contributed by atoms with Gasteiger partial charge in [0.25, 0.3) is 5.91 Å². The third kappa shape index (κ3) is 3.84. The zero-order chi connectivity index (χ0) is 14.4. The lowest BCUT2D eigenvalue weighted by Crippen LogP contribution is -2.30. The molecule has 1 heterocycles. The van der Waals surface area contributed by atoms with Gasteiger partial charge in [0.05, 0.1) is 6.61 Å². The van der Waals surface area contributed by atoms with Gasteiger partial charge < -0.3 is 10.4 Å². The number of thiophene rings is 1. The molecule has 20 heavy (non-hydrogen) atoms. The monoisotopic (exact) mass is 291 g/mol. The lowest BCUT2D eigenvalue weighted by molar-refractivity contribution is 0.0948. The highest BCUT2D eigenvalue weighted by Gasteiger charge is 2.24. The second kappa shape index (κ2) is 7.47. The van der Waals surface area contributed by atoms with Crippen molar-refractivity contribution in [3.8, 4) is 11.8 Å². The summed E-state index contributed by atoms with van der Waals surface area (Å²) in [5.41, 5.74) is 0.764. The van der Waals surface area contributed by atoms with Gasteiger partial charge >= 0.3 is 0 Å². The van der Waals surface area contributed by atoms with Crippen molar-refractivity contribution in [2.45, 2.75) is 32.6 Å². The average Bonchev–Trinajstić information content (AvgIpc) is 3.05. The summed E-state index contributed by atoms with van der Waals surface area (Å²) in [5, 5.41) is 13.7. The number of amides is 1. The summed E-state index contributed by atoms with van der Waals surface area (Å²) in [4.78, 5) is 12.9. The summed E-state index contributed by atoms with van der Waals surface area (Å²) in [6, 6.07) is 1.86. The minimum Gasteiger partial charge on any atom is -0.395 e. The molecule has 4 heteroatoms. The fourth-order valence-electron chi connectivity index (χ4n) is 2.63. The van der Waals surface area contributed by atoms with Crippen molar-refractivity contribution in [2.24, 2.45) is 11.8 Å². The van der Waals surface area contributed by atoms with E-state index in [0.29, 0.717) is 23.1 Å². The van der Waals surface area contributed by atoms with E-state index >= 15 is 0 Å². The van der Waals surface area contributed by atoms with Crippen LogP contribution in [0.3, 0.4) is 0 Å². The number of aliphatic hydroxyl groups is 1. The highest BCUT2D eigenvalue weighted by molar-refractivity contribution is 7.12. The number of hydrogen-bond donors (Lipinski definition) is 2. The van der Waals surface area contributed by atoms with Crippen LogP contribution in [-0.4, -0.2) is 24.2 Å². The molecule has 2 atom stereocenters. The minimum atomic E-state index is -0.0209. The molecule has 1 aliphatic carbocycles. The molecule has 0 aliphatic heterocycles. The quantitative estimate of drug-likeness (QED) is 0.838. The topological polar surface area (TPSA) is 49.3 Å². The van der Waals surface area contributed by atoms with E-state index in [4.69, 9.17) is 5.11 Å². The lowest BCUT2D eigenvalue weighted by atomic mass is 9.98. The molecule has 2 unspecified atom stereocenters. The first-order chi connectivity index (χ1) is 9.72. The third-order valence-corrected chi connectivity index (χ3v) is 4.81. The summed E-state index contributed by atoms with van der Waals surface area (Å²) in [6.07, 6.45) is 4.21. The van der Waals surface area contributed by atoms with Crippen LogP contribution in [0.5, 0.6) is 0 Å². The molecule has 2 rings (SSSR count). The molecule has 0 spiro atoms. The Morgan fingerprint density at radius 1 is 1.55 bits per heavy atom. The molecule has 1 amide bonds. The van der Waals surface area contributed by atoms with Crippen LogP contribution in [0.15, 0.2) is 11.4 Å². The van der Waals surface area contributed by atoms with Crippen LogP contribution in [0.4, 0.5) is 0 Å². The molecule has 0 radical (unpaired) electrons. The van der Waals surface area contributed by atoms with Crippen molar-refractivity contribution in [2.75, 3.05) is 13.2 Å². The highest BCUT2D eigenvalue weighted by Crippen LogP contribution is 2.30. The molecule has 1 fully saturated rings. The summed E-state index contributed by atoms with van der Waals surface area (Å²) in [6.45, 7) is 3.08. The van der Waals surface area contributed by atoms with Gasteiger partial charge in [-0.3, -0.25) is 4.79 Å². The van der Waals surface area contributed by atoms with Crippen molar-refractivity contribution in [1.29, 1.82) is 0 Å². The molecular formula is C16H21NO2S. The lowest BCUT2D eigenvalue weighted by Gasteiger charge is -2.15. The Morgan fingerprint density at radius 3 is 3.10 bits per heavy atom. The van der Waals surface area contributed by atoms with E-state index < -0.39 is 0 Å². The van der Waals surface area contributed by atoms with Gasteiger partial charge in [-0.2, -0.15) is 0 Å². The fraction of sp³-hybridized carbons (Fsp3) is 0.562. The Labute approximate surface area is 124 Å². The Bertz CT molecular complexity index is 512. The predicted molar refractivity (Wildman–Crippen MR) is 81.7 cm³/mol. The first-order valence-corrected chi connectivity index (χ1v) is 8.05. The molecule has 0 bridgehead atoms. The summed E-state index contributed by atoms with van der Waals surface area (Å²) in [7, 11) is 0. The number of hydrogen-bond acceptors (Lipinski definition) is 3. The number of carbonyl (C=O) groups is 1. The van der Waals surface area contributed by atoms with Crippen molar-refractivity contribution in [3.05, 3.63) is 21.9 Å². The molecule has 3 nitrogen and oxygen atoms in total. The van der Waals surface area contributed by atoms with Crippen LogP contribution in [0.1, 0.15) is 47.8 Å². The van der Waals surface area contributed by atoms with Crippen molar-refractivity contribution in [3.63, 3.8) is 0 Å². The third-order valence-electron chi connectivity index (χ3n) is 3.90. The Kier molecular flexibility index (Phi) is 5.63. The van der Waals surface area contributed by atoms with E-state index in [0.717, 1.165) is 12.1 Å². The van der Waals surface area contributed by atoms with Gasteiger partial charge in [-0.05, 0) is 29.7 Å². The molecule has 1 aromatic rings. The second-order valence-electron chi connectivity index (χ2n) is 5.32. The van der Waals surface area contributed by atoms with Crippen molar-refractivity contribution in [1.82, 2.24) is 5.32 Å². The van der Waals surface area contributed by atoms with Crippen LogP contribution < -0.4 is 5.32 Å². The zero-order valence-electron chi connectivity index (χ0n) is 11.8. The largest absolute Gasteiger partial charge is 0.395 e. The van der Waals surface area contributed by atoms with Gasteiger partial charge in [0.15, 0.2) is 0 Å². The maximum atomic E-state index is 12.2. The van der Waals surface area contributed by atoms with Gasteiger partial charge in [0.2, 0.25) is 0 Å². The normalized spacial score (nSPS) is 21.3. The van der Waals surface area contributed by atoms with E-state index in [-0.39, 0.29) is 12.5 Å². The molecule has 1 aliphatic rings. The number of aliphatic hydroxyl groups excluding tert-OH is 1. The Balaban J connectivity index is 1.93. The van der Waals surface area contributed by atoms with Crippen molar-refractivity contribution < 1.29 is 9.90 Å². The van der Waals surface area contributed by atoms with Gasteiger partial charge in [-0.25, -0.2) is 0 Å². The molecular weight excluding hydrogens is 270 g/mol. The van der Waals surface area contributed by atoms with Crippen LogP contribution in [0.25, 0.3) is 0 Å².